The molecule has 0 aromatic heterocycles. The van der Waals surface area contributed by atoms with Crippen LogP contribution < -0.4 is 4.74 Å². The van der Waals surface area contributed by atoms with E-state index in [2.05, 4.69) is 4.74 Å². The monoisotopic (exact) mass is 439 g/mol. The maximum Gasteiger partial charge on any atom is 0.344 e. The van der Waals surface area contributed by atoms with Crippen molar-refractivity contribution in [2.45, 2.75) is 19.4 Å². The van der Waals surface area contributed by atoms with Gasteiger partial charge in [-0.15, -0.1) is 0 Å². The van der Waals surface area contributed by atoms with E-state index in [9.17, 15) is 27.0 Å². The third kappa shape index (κ3) is 7.12. The zero-order chi connectivity index (χ0) is 22.4. The van der Waals surface area contributed by atoms with Crippen molar-refractivity contribution in [1.29, 1.82) is 0 Å². The Morgan fingerprint density at radius 1 is 1.07 bits per heavy atom. The Labute approximate surface area is 173 Å². The van der Waals surface area contributed by atoms with Gasteiger partial charge in [-0.3, -0.25) is 0 Å². The topological polar surface area (TPSA) is 119 Å². The van der Waals surface area contributed by atoms with Gasteiger partial charge in [-0.2, -0.15) is 0 Å². The van der Waals surface area contributed by atoms with Crippen LogP contribution in [-0.4, -0.2) is 43.9 Å². The number of benzene rings is 2. The lowest BCUT2D eigenvalue weighted by molar-refractivity contribution is -0.146. The summed E-state index contributed by atoms with van der Waals surface area (Å²) < 4.78 is 60.5. The molecule has 0 N–H and O–H groups in total. The van der Waals surface area contributed by atoms with Crippen molar-refractivity contribution in [1.82, 2.24) is 0 Å². The van der Waals surface area contributed by atoms with Crippen molar-refractivity contribution < 1.29 is 41.2 Å². The van der Waals surface area contributed by atoms with E-state index in [0.29, 0.717) is 0 Å². The average molecular weight is 439 g/mol. The molecule has 0 unspecified atom stereocenters. The predicted molar refractivity (Wildman–Crippen MR) is 102 cm³/mol. The fraction of sp³-hybridized carbons (Fsp3) is 0.300. The molecule has 0 radical (unpaired) electrons. The largest absolute Gasteiger partial charge is 0.748 e. The SMILES string of the molecule is CC(C)(Oc1cc(C(=O)OCC(=O)OCCS(=O)(=O)[O-])ccc1F)c1ccccc1. The van der Waals surface area contributed by atoms with Gasteiger partial charge in [-0.05, 0) is 37.6 Å². The first-order valence-corrected chi connectivity index (χ1v) is 10.4. The predicted octanol–water partition coefficient (Wildman–Crippen LogP) is 2.39. The van der Waals surface area contributed by atoms with Crippen LogP contribution >= 0.6 is 0 Å². The molecule has 0 bridgehead atoms. The van der Waals surface area contributed by atoms with Gasteiger partial charge in [0.25, 0.3) is 0 Å². The van der Waals surface area contributed by atoms with Gasteiger partial charge in [0.2, 0.25) is 0 Å². The second-order valence-corrected chi connectivity index (χ2v) is 8.21. The summed E-state index contributed by atoms with van der Waals surface area (Å²) in [4.78, 5) is 23.6. The number of hydrogen-bond donors (Lipinski definition) is 0. The first-order valence-electron chi connectivity index (χ1n) is 8.78. The molecular weight excluding hydrogens is 419 g/mol. The summed E-state index contributed by atoms with van der Waals surface area (Å²) in [5, 5.41) is 0. The van der Waals surface area contributed by atoms with Gasteiger partial charge in [0.15, 0.2) is 18.2 Å². The van der Waals surface area contributed by atoms with Crippen molar-refractivity contribution in [3.05, 3.63) is 65.5 Å². The van der Waals surface area contributed by atoms with Crippen LogP contribution in [0.15, 0.2) is 48.5 Å². The molecule has 2 aromatic rings. The molecule has 0 heterocycles. The minimum atomic E-state index is -4.52. The highest BCUT2D eigenvalue weighted by Crippen LogP contribution is 2.30. The average Bonchev–Trinajstić information content (AvgIpc) is 2.67. The van der Waals surface area contributed by atoms with E-state index >= 15 is 0 Å². The lowest BCUT2D eigenvalue weighted by Gasteiger charge is -2.27. The summed E-state index contributed by atoms with van der Waals surface area (Å²) in [6.45, 7) is 2.03. The number of carbonyl (C=O) groups excluding carboxylic acids is 2. The number of ether oxygens (including phenoxy) is 3. The van der Waals surface area contributed by atoms with E-state index in [0.717, 1.165) is 23.8 Å². The summed E-state index contributed by atoms with van der Waals surface area (Å²) >= 11 is 0. The van der Waals surface area contributed by atoms with Gasteiger partial charge >= 0.3 is 11.9 Å². The van der Waals surface area contributed by atoms with Crippen LogP contribution in [-0.2, 0) is 30.0 Å². The maximum atomic E-state index is 14.2. The fourth-order valence-corrected chi connectivity index (χ4v) is 2.68. The summed E-state index contributed by atoms with van der Waals surface area (Å²) in [5.41, 5.74) is -0.165. The minimum absolute atomic E-state index is 0.0646. The molecule has 0 fully saturated rings. The van der Waals surface area contributed by atoms with Crippen LogP contribution in [0.25, 0.3) is 0 Å². The molecule has 0 spiro atoms. The summed E-state index contributed by atoms with van der Waals surface area (Å²) in [6, 6.07) is 12.4. The number of carbonyl (C=O) groups is 2. The van der Waals surface area contributed by atoms with Gasteiger partial charge in [0.05, 0.1) is 21.4 Å². The standard InChI is InChI=1S/C20H21FO8S/c1-20(2,15-6-4-3-5-7-15)29-17-12-14(8-9-16(17)21)19(23)28-13-18(22)27-10-11-30(24,25)26/h3-9,12H,10-11,13H2,1-2H3,(H,24,25,26)/p-1. The molecular formula is C20H20FO8S-. The molecule has 162 valence electrons. The van der Waals surface area contributed by atoms with Crippen LogP contribution in [0.4, 0.5) is 4.39 Å². The second-order valence-electron chi connectivity index (χ2n) is 6.68. The normalized spacial score (nSPS) is 11.6. The number of halogens is 1. The molecule has 0 aliphatic carbocycles. The van der Waals surface area contributed by atoms with Gasteiger partial charge < -0.3 is 18.8 Å². The fourth-order valence-electron chi connectivity index (χ4n) is 2.39. The van der Waals surface area contributed by atoms with Gasteiger partial charge in [0.1, 0.15) is 12.2 Å². The zero-order valence-corrected chi connectivity index (χ0v) is 17.1. The van der Waals surface area contributed by atoms with E-state index in [4.69, 9.17) is 9.47 Å². The molecule has 0 saturated carbocycles. The van der Waals surface area contributed by atoms with Crippen LogP contribution in [0.3, 0.4) is 0 Å². The lowest BCUT2D eigenvalue weighted by atomic mass is 9.98. The zero-order valence-electron chi connectivity index (χ0n) is 16.3. The summed E-state index contributed by atoms with van der Waals surface area (Å²) in [5.74, 6) is -3.72. The molecule has 0 aliphatic heterocycles. The van der Waals surface area contributed by atoms with Crippen molar-refractivity contribution in [2.24, 2.45) is 0 Å². The van der Waals surface area contributed by atoms with Crippen LogP contribution in [0.1, 0.15) is 29.8 Å². The van der Waals surface area contributed by atoms with Crippen molar-refractivity contribution in [2.75, 3.05) is 19.0 Å². The quantitative estimate of drug-likeness (QED) is 0.432. The molecule has 2 rings (SSSR count). The Bertz CT molecular complexity index is 1000. The molecule has 30 heavy (non-hydrogen) atoms. The summed E-state index contributed by atoms with van der Waals surface area (Å²) in [7, 11) is -4.52. The minimum Gasteiger partial charge on any atom is -0.748 e. The second kappa shape index (κ2) is 9.68. The van der Waals surface area contributed by atoms with Gasteiger partial charge in [-0.25, -0.2) is 22.4 Å². The number of hydrogen-bond acceptors (Lipinski definition) is 8. The smallest absolute Gasteiger partial charge is 0.344 e. The number of rotatable bonds is 9. The van der Waals surface area contributed by atoms with E-state index in [1.54, 1.807) is 13.8 Å². The third-order valence-electron chi connectivity index (χ3n) is 3.92. The van der Waals surface area contributed by atoms with Crippen LogP contribution in [0, 0.1) is 5.82 Å². The molecule has 10 heteroatoms. The molecule has 2 aromatic carbocycles. The molecule has 0 amide bonds. The third-order valence-corrected chi connectivity index (χ3v) is 4.59. The highest BCUT2D eigenvalue weighted by atomic mass is 32.2. The Kier molecular flexibility index (Phi) is 7.52. The first-order chi connectivity index (χ1) is 14.0. The first kappa shape index (κ1) is 23.3. The highest BCUT2D eigenvalue weighted by Gasteiger charge is 2.25. The molecule has 8 nitrogen and oxygen atoms in total. The maximum absolute atomic E-state index is 14.2. The highest BCUT2D eigenvalue weighted by molar-refractivity contribution is 7.85. The van der Waals surface area contributed by atoms with Crippen molar-refractivity contribution >= 4 is 22.1 Å². The van der Waals surface area contributed by atoms with Crippen molar-refractivity contribution in [3.63, 3.8) is 0 Å². The van der Waals surface area contributed by atoms with Crippen LogP contribution in [0.2, 0.25) is 0 Å². The molecule has 0 atom stereocenters. The lowest BCUT2D eigenvalue weighted by Crippen LogP contribution is -2.26. The Balaban J connectivity index is 2.00. The van der Waals surface area contributed by atoms with E-state index in [1.807, 2.05) is 30.3 Å². The van der Waals surface area contributed by atoms with Gasteiger partial charge in [-0.1, -0.05) is 30.3 Å². The van der Waals surface area contributed by atoms with E-state index in [1.165, 1.54) is 0 Å². The number of esters is 2. The molecule has 0 aliphatic rings. The van der Waals surface area contributed by atoms with Gasteiger partial charge in [0, 0.05) is 0 Å². The Hall–Kier alpha value is -2.98. The molecule has 0 saturated heterocycles. The van der Waals surface area contributed by atoms with E-state index < -0.39 is 52.4 Å². The van der Waals surface area contributed by atoms with Crippen molar-refractivity contribution in [3.8, 4) is 5.75 Å². The Morgan fingerprint density at radius 2 is 1.73 bits per heavy atom. The Morgan fingerprint density at radius 3 is 2.37 bits per heavy atom. The summed E-state index contributed by atoms with van der Waals surface area (Å²) in [6.07, 6.45) is 0. The van der Waals surface area contributed by atoms with E-state index in [-0.39, 0.29) is 11.3 Å². The van der Waals surface area contributed by atoms with Crippen LogP contribution in [0.5, 0.6) is 5.75 Å².